The fourth-order valence-electron chi connectivity index (χ4n) is 2.28. The third kappa shape index (κ3) is 5.09. The Balaban J connectivity index is 1.84. The fourth-order valence-corrected chi connectivity index (χ4v) is 3.12. The van der Waals surface area contributed by atoms with Crippen LogP contribution < -0.4 is 5.32 Å². The Morgan fingerprint density at radius 3 is 2.62 bits per heavy atom. The number of rotatable bonds is 8. The Hall–Kier alpha value is -1.82. The lowest BCUT2D eigenvalue weighted by Gasteiger charge is -2.12. The van der Waals surface area contributed by atoms with Crippen LogP contribution in [-0.2, 0) is 19.5 Å². The van der Waals surface area contributed by atoms with Gasteiger partial charge in [-0.2, -0.15) is 13.9 Å². The van der Waals surface area contributed by atoms with Gasteiger partial charge in [-0.15, -0.1) is 11.8 Å². The predicted octanol–water partition coefficient (Wildman–Crippen LogP) is 4.63. The molecule has 1 N–H and O–H groups in total. The third-order valence-corrected chi connectivity index (χ3v) is 4.91. The molecule has 0 aliphatic heterocycles. The topological polar surface area (TPSA) is 29.9 Å². The van der Waals surface area contributed by atoms with E-state index in [9.17, 15) is 8.78 Å². The number of thioether (sulfide) groups is 1. The summed E-state index contributed by atoms with van der Waals surface area (Å²) in [5.74, 6) is -2.19. The van der Waals surface area contributed by atoms with E-state index in [0.29, 0.717) is 11.4 Å². The monoisotopic (exact) mass is 351 g/mol. The first-order valence-corrected chi connectivity index (χ1v) is 8.81. The van der Waals surface area contributed by atoms with Crippen LogP contribution in [0.1, 0.15) is 36.0 Å². The lowest BCUT2D eigenvalue weighted by Crippen LogP contribution is -2.13. The summed E-state index contributed by atoms with van der Waals surface area (Å²) in [4.78, 5) is 0. The van der Waals surface area contributed by atoms with Crippen LogP contribution in [0.15, 0.2) is 48.7 Å². The molecule has 0 saturated carbocycles. The van der Waals surface area contributed by atoms with Crippen molar-refractivity contribution in [3.05, 3.63) is 65.6 Å². The zero-order chi connectivity index (χ0) is 17.7. The molecule has 2 aromatic rings. The van der Waals surface area contributed by atoms with E-state index in [0.717, 1.165) is 19.2 Å². The van der Waals surface area contributed by atoms with Crippen molar-refractivity contribution in [1.82, 2.24) is 15.1 Å². The first-order valence-electron chi connectivity index (χ1n) is 7.77. The number of aryl methyl sites for hydroxylation is 1. The number of hydrogen-bond donors (Lipinski definition) is 1. The highest BCUT2D eigenvalue weighted by molar-refractivity contribution is 7.99. The van der Waals surface area contributed by atoms with Gasteiger partial charge in [-0.05, 0) is 18.6 Å². The van der Waals surface area contributed by atoms with Crippen LogP contribution in [0.4, 0.5) is 8.78 Å². The number of aromatic nitrogens is 2. The van der Waals surface area contributed by atoms with E-state index in [2.05, 4.69) is 29.1 Å². The van der Waals surface area contributed by atoms with Crippen molar-refractivity contribution < 1.29 is 8.78 Å². The van der Waals surface area contributed by atoms with Gasteiger partial charge in [-0.3, -0.25) is 4.68 Å². The van der Waals surface area contributed by atoms with E-state index in [1.807, 2.05) is 25.1 Å². The SMILES string of the molecule is C=C(CSC(C)c1cc(C(C)(F)F)n(C)n1)NCc1ccccc1. The van der Waals surface area contributed by atoms with E-state index in [1.54, 1.807) is 18.8 Å². The van der Waals surface area contributed by atoms with Crippen LogP contribution in [-0.4, -0.2) is 15.5 Å². The molecular formula is C18H23F2N3S. The molecule has 0 aliphatic carbocycles. The van der Waals surface area contributed by atoms with Gasteiger partial charge in [0.25, 0.3) is 5.92 Å². The highest BCUT2D eigenvalue weighted by Gasteiger charge is 2.29. The molecule has 6 heteroatoms. The molecule has 0 radical (unpaired) electrons. The van der Waals surface area contributed by atoms with E-state index in [-0.39, 0.29) is 10.9 Å². The maximum atomic E-state index is 13.5. The quantitative estimate of drug-likeness (QED) is 0.752. The third-order valence-electron chi connectivity index (χ3n) is 3.66. The van der Waals surface area contributed by atoms with Crippen molar-refractivity contribution in [3.63, 3.8) is 0 Å². The van der Waals surface area contributed by atoms with Gasteiger partial charge in [0.1, 0.15) is 5.69 Å². The first kappa shape index (κ1) is 18.5. The molecule has 130 valence electrons. The lowest BCUT2D eigenvalue weighted by atomic mass is 10.2. The van der Waals surface area contributed by atoms with Gasteiger partial charge >= 0.3 is 0 Å². The van der Waals surface area contributed by atoms with E-state index in [1.165, 1.54) is 16.3 Å². The molecule has 0 spiro atoms. The molecule has 0 fully saturated rings. The number of nitrogens with one attached hydrogen (secondary N) is 1. The average molecular weight is 351 g/mol. The number of halogens is 2. The van der Waals surface area contributed by atoms with Crippen LogP contribution in [0.2, 0.25) is 0 Å². The summed E-state index contributed by atoms with van der Waals surface area (Å²) < 4.78 is 28.2. The Kier molecular flexibility index (Phi) is 6.04. The van der Waals surface area contributed by atoms with Crippen LogP contribution in [0, 0.1) is 0 Å². The lowest BCUT2D eigenvalue weighted by molar-refractivity contribution is 0.00883. The van der Waals surface area contributed by atoms with Crippen molar-refractivity contribution in [2.75, 3.05) is 5.75 Å². The average Bonchev–Trinajstić information content (AvgIpc) is 2.94. The molecule has 24 heavy (non-hydrogen) atoms. The highest BCUT2D eigenvalue weighted by Crippen LogP contribution is 2.33. The Morgan fingerprint density at radius 2 is 2.04 bits per heavy atom. The molecule has 1 atom stereocenters. The predicted molar refractivity (Wildman–Crippen MR) is 96.1 cm³/mol. The highest BCUT2D eigenvalue weighted by atomic mass is 32.2. The van der Waals surface area contributed by atoms with Gasteiger partial charge in [0.2, 0.25) is 0 Å². The molecule has 0 aliphatic rings. The second-order valence-electron chi connectivity index (χ2n) is 5.86. The summed E-state index contributed by atoms with van der Waals surface area (Å²) in [6, 6.07) is 11.6. The van der Waals surface area contributed by atoms with Crippen LogP contribution in [0.25, 0.3) is 0 Å². The smallest absolute Gasteiger partial charge is 0.286 e. The van der Waals surface area contributed by atoms with Gasteiger partial charge in [0.15, 0.2) is 0 Å². The molecule has 1 unspecified atom stereocenters. The molecule has 0 saturated heterocycles. The zero-order valence-corrected chi connectivity index (χ0v) is 15.0. The summed E-state index contributed by atoms with van der Waals surface area (Å²) in [5, 5.41) is 7.52. The van der Waals surface area contributed by atoms with E-state index < -0.39 is 5.92 Å². The second kappa shape index (κ2) is 7.83. The Morgan fingerprint density at radius 1 is 1.38 bits per heavy atom. The van der Waals surface area contributed by atoms with Crippen molar-refractivity contribution in [3.8, 4) is 0 Å². The molecule has 1 heterocycles. The summed E-state index contributed by atoms with van der Waals surface area (Å²) in [6.07, 6.45) is 0. The maximum absolute atomic E-state index is 13.5. The van der Waals surface area contributed by atoms with Gasteiger partial charge < -0.3 is 5.32 Å². The van der Waals surface area contributed by atoms with Gasteiger partial charge in [0, 0.05) is 37.2 Å². The van der Waals surface area contributed by atoms with Gasteiger partial charge in [-0.1, -0.05) is 36.9 Å². The molecule has 0 amide bonds. The number of alkyl halides is 2. The number of nitrogens with zero attached hydrogens (tertiary/aromatic N) is 2. The van der Waals surface area contributed by atoms with Crippen molar-refractivity contribution in [1.29, 1.82) is 0 Å². The standard InChI is InChI=1S/C18H23F2N3S/c1-13(21-11-15-8-6-5-7-9-15)12-24-14(2)16-10-17(18(3,19)20)23(4)22-16/h5-10,14,21H,1,11-12H2,2-4H3. The first-order chi connectivity index (χ1) is 11.3. The zero-order valence-electron chi connectivity index (χ0n) is 14.2. The molecular weight excluding hydrogens is 328 g/mol. The fraction of sp³-hybridized carbons (Fsp3) is 0.389. The minimum atomic E-state index is -2.88. The van der Waals surface area contributed by atoms with Crippen molar-refractivity contribution >= 4 is 11.8 Å². The summed E-state index contributed by atoms with van der Waals surface area (Å²) in [6.45, 7) is 7.60. The van der Waals surface area contributed by atoms with Crippen LogP contribution in [0.5, 0.6) is 0 Å². The molecule has 1 aromatic heterocycles. The minimum absolute atomic E-state index is 0.0163. The van der Waals surface area contributed by atoms with Crippen molar-refractivity contribution in [2.24, 2.45) is 7.05 Å². The van der Waals surface area contributed by atoms with E-state index >= 15 is 0 Å². The summed E-state index contributed by atoms with van der Waals surface area (Å²) in [5.41, 5.74) is 2.70. The van der Waals surface area contributed by atoms with Gasteiger partial charge in [0.05, 0.1) is 5.69 Å². The molecule has 3 nitrogen and oxygen atoms in total. The molecule has 1 aromatic carbocycles. The number of hydrogen-bond acceptors (Lipinski definition) is 3. The van der Waals surface area contributed by atoms with Crippen LogP contribution in [0.3, 0.4) is 0 Å². The van der Waals surface area contributed by atoms with Crippen molar-refractivity contribution in [2.45, 2.75) is 31.6 Å². The normalized spacial score (nSPS) is 12.9. The largest absolute Gasteiger partial charge is 0.384 e. The molecule has 0 bridgehead atoms. The second-order valence-corrected chi connectivity index (χ2v) is 7.19. The number of benzene rings is 1. The summed E-state index contributed by atoms with van der Waals surface area (Å²) in [7, 11) is 1.55. The Bertz CT molecular complexity index is 677. The van der Waals surface area contributed by atoms with Gasteiger partial charge in [-0.25, -0.2) is 0 Å². The van der Waals surface area contributed by atoms with E-state index in [4.69, 9.17) is 0 Å². The van der Waals surface area contributed by atoms with Crippen LogP contribution >= 0.6 is 11.8 Å². The minimum Gasteiger partial charge on any atom is -0.384 e. The maximum Gasteiger partial charge on any atom is 0.286 e. The Labute approximate surface area is 146 Å². The summed E-state index contributed by atoms with van der Waals surface area (Å²) >= 11 is 1.62. The molecule has 2 rings (SSSR count).